The molecule has 3 rings (SSSR count). The molecule has 0 atom stereocenters. The second-order valence-corrected chi connectivity index (χ2v) is 5.92. The van der Waals surface area contributed by atoms with Crippen LogP contribution in [-0.2, 0) is 6.42 Å². The Kier molecular flexibility index (Phi) is 4.63. The Morgan fingerprint density at radius 2 is 1.91 bits per heavy atom. The summed E-state index contributed by atoms with van der Waals surface area (Å²) in [7, 11) is 0. The van der Waals surface area contributed by atoms with Crippen molar-refractivity contribution in [2.75, 3.05) is 24.5 Å². The molecule has 4 heteroatoms. The third-order valence-corrected chi connectivity index (χ3v) is 4.29. The maximum Gasteiger partial charge on any atom is 0.319 e. The summed E-state index contributed by atoms with van der Waals surface area (Å²) in [6, 6.07) is 14.2. The molecule has 0 radical (unpaired) electrons. The number of nitrogens with two attached hydrogens (primary N) is 1. The van der Waals surface area contributed by atoms with Crippen molar-refractivity contribution in [3.05, 3.63) is 53.6 Å². The lowest BCUT2D eigenvalue weighted by Crippen LogP contribution is -2.40. The van der Waals surface area contributed by atoms with E-state index < -0.39 is 6.03 Å². The van der Waals surface area contributed by atoms with Gasteiger partial charge in [-0.05, 0) is 53.8 Å². The molecule has 1 aliphatic carbocycles. The first-order valence-electron chi connectivity index (χ1n) is 8.19. The number of hydrogen-bond donors (Lipinski definition) is 2. The van der Waals surface area contributed by atoms with E-state index in [0.29, 0.717) is 6.54 Å². The van der Waals surface area contributed by atoms with Crippen molar-refractivity contribution < 1.29 is 4.79 Å². The van der Waals surface area contributed by atoms with Crippen molar-refractivity contribution in [3.63, 3.8) is 0 Å². The van der Waals surface area contributed by atoms with Crippen LogP contribution in [-0.4, -0.2) is 25.7 Å². The molecular formula is C19H23N3O. The molecule has 0 aliphatic heterocycles. The number of rotatable bonds is 6. The second-order valence-electron chi connectivity index (χ2n) is 5.92. The Balaban J connectivity index is 1.80. The van der Waals surface area contributed by atoms with E-state index >= 15 is 0 Å². The fourth-order valence-corrected chi connectivity index (χ4v) is 3.16. The van der Waals surface area contributed by atoms with Gasteiger partial charge in [0.1, 0.15) is 0 Å². The average molecular weight is 309 g/mol. The largest absolute Gasteiger partial charge is 0.351 e. The van der Waals surface area contributed by atoms with Gasteiger partial charge in [-0.3, -0.25) is 4.90 Å². The highest BCUT2D eigenvalue weighted by Gasteiger charge is 2.20. The first-order valence-corrected chi connectivity index (χ1v) is 8.19. The predicted molar refractivity (Wildman–Crippen MR) is 94.8 cm³/mol. The van der Waals surface area contributed by atoms with Gasteiger partial charge in [-0.1, -0.05) is 37.3 Å². The number of carbonyl (C=O) groups is 1. The van der Waals surface area contributed by atoms with Crippen LogP contribution in [0.2, 0.25) is 0 Å². The number of nitrogens with one attached hydrogen (secondary N) is 1. The molecule has 0 spiro atoms. The van der Waals surface area contributed by atoms with E-state index in [0.717, 1.165) is 31.6 Å². The van der Waals surface area contributed by atoms with Gasteiger partial charge in [-0.25, -0.2) is 4.79 Å². The van der Waals surface area contributed by atoms with Crippen molar-refractivity contribution >= 4 is 11.7 Å². The summed E-state index contributed by atoms with van der Waals surface area (Å²) < 4.78 is 0. The summed E-state index contributed by atoms with van der Waals surface area (Å²) in [6.45, 7) is 4.40. The van der Waals surface area contributed by atoms with Crippen molar-refractivity contribution in [1.29, 1.82) is 0 Å². The minimum atomic E-state index is -0.404. The summed E-state index contributed by atoms with van der Waals surface area (Å²) in [5.41, 5.74) is 11.6. The van der Waals surface area contributed by atoms with Crippen molar-refractivity contribution in [1.82, 2.24) is 5.32 Å². The molecule has 2 amide bonds. The Labute approximate surface area is 137 Å². The first kappa shape index (κ1) is 15.6. The molecule has 0 bridgehead atoms. The maximum atomic E-state index is 11.8. The molecule has 120 valence electrons. The molecule has 0 unspecified atom stereocenters. The molecular weight excluding hydrogens is 286 g/mol. The van der Waals surface area contributed by atoms with Gasteiger partial charge in [-0.2, -0.15) is 0 Å². The lowest BCUT2D eigenvalue weighted by atomic mass is 10.1. The van der Waals surface area contributed by atoms with Gasteiger partial charge in [-0.15, -0.1) is 0 Å². The lowest BCUT2D eigenvalue weighted by molar-refractivity contribution is 0.254. The SMILES string of the molecule is CCCNCCN(C(N)=O)c1ccc2c(c1)Cc1ccccc1-2. The number of fused-ring (bicyclic) bond motifs is 3. The van der Waals surface area contributed by atoms with Crippen molar-refractivity contribution in [2.45, 2.75) is 19.8 Å². The number of primary amides is 1. The fraction of sp³-hybridized carbons (Fsp3) is 0.316. The first-order chi connectivity index (χ1) is 11.2. The second kappa shape index (κ2) is 6.84. The highest BCUT2D eigenvalue weighted by Crippen LogP contribution is 2.38. The number of amides is 2. The van der Waals surface area contributed by atoms with Crippen LogP contribution in [0.3, 0.4) is 0 Å². The smallest absolute Gasteiger partial charge is 0.319 e. The van der Waals surface area contributed by atoms with E-state index in [1.165, 1.54) is 22.3 Å². The number of carbonyl (C=O) groups excluding carboxylic acids is 1. The lowest BCUT2D eigenvalue weighted by Gasteiger charge is -2.21. The van der Waals surface area contributed by atoms with Crippen LogP contribution in [0, 0.1) is 0 Å². The van der Waals surface area contributed by atoms with Gasteiger partial charge in [0.2, 0.25) is 0 Å². The number of hydrogen-bond acceptors (Lipinski definition) is 2. The third-order valence-electron chi connectivity index (χ3n) is 4.29. The van der Waals surface area contributed by atoms with Crippen LogP contribution in [0.4, 0.5) is 10.5 Å². The summed E-state index contributed by atoms with van der Waals surface area (Å²) in [5, 5.41) is 3.31. The van der Waals surface area contributed by atoms with Crippen molar-refractivity contribution in [3.8, 4) is 11.1 Å². The summed E-state index contributed by atoms with van der Waals surface area (Å²) >= 11 is 0. The molecule has 0 heterocycles. The van der Waals surface area contributed by atoms with E-state index in [4.69, 9.17) is 5.73 Å². The third kappa shape index (κ3) is 3.22. The van der Waals surface area contributed by atoms with E-state index in [-0.39, 0.29) is 0 Å². The summed E-state index contributed by atoms with van der Waals surface area (Å²) in [4.78, 5) is 13.4. The minimum Gasteiger partial charge on any atom is -0.351 e. The topological polar surface area (TPSA) is 58.4 Å². The van der Waals surface area contributed by atoms with Crippen LogP contribution in [0.25, 0.3) is 11.1 Å². The monoisotopic (exact) mass is 309 g/mol. The Bertz CT molecular complexity index is 712. The number of benzene rings is 2. The number of urea groups is 1. The van der Waals surface area contributed by atoms with Crippen LogP contribution >= 0.6 is 0 Å². The van der Waals surface area contributed by atoms with Crippen LogP contribution in [0.5, 0.6) is 0 Å². The Hall–Kier alpha value is -2.33. The van der Waals surface area contributed by atoms with Crippen LogP contribution < -0.4 is 16.0 Å². The summed E-state index contributed by atoms with van der Waals surface area (Å²) in [5.74, 6) is 0. The van der Waals surface area contributed by atoms with Crippen LogP contribution in [0.15, 0.2) is 42.5 Å². The average Bonchev–Trinajstić information content (AvgIpc) is 2.92. The molecule has 2 aromatic rings. The predicted octanol–water partition coefficient (Wildman–Crippen LogP) is 3.14. The maximum absolute atomic E-state index is 11.8. The summed E-state index contributed by atoms with van der Waals surface area (Å²) in [6.07, 6.45) is 1.99. The molecule has 0 fully saturated rings. The quantitative estimate of drug-likeness (QED) is 0.687. The normalized spacial score (nSPS) is 11.9. The molecule has 4 nitrogen and oxygen atoms in total. The van der Waals surface area contributed by atoms with E-state index in [9.17, 15) is 4.79 Å². The number of nitrogens with zero attached hydrogens (tertiary/aromatic N) is 1. The Morgan fingerprint density at radius 3 is 2.70 bits per heavy atom. The molecule has 2 aromatic carbocycles. The van der Waals surface area contributed by atoms with Gasteiger partial charge in [0.15, 0.2) is 0 Å². The number of anilines is 1. The molecule has 1 aliphatic rings. The zero-order chi connectivity index (χ0) is 16.2. The Morgan fingerprint density at radius 1 is 1.13 bits per heavy atom. The standard InChI is InChI=1S/C19H23N3O/c1-2-9-21-10-11-22(19(20)23)16-7-8-18-15(13-16)12-14-5-3-4-6-17(14)18/h3-8,13,21H,2,9-12H2,1H3,(H2,20,23). The van der Waals surface area contributed by atoms with E-state index in [2.05, 4.69) is 48.6 Å². The zero-order valence-electron chi connectivity index (χ0n) is 13.5. The van der Waals surface area contributed by atoms with Gasteiger partial charge >= 0.3 is 6.03 Å². The highest BCUT2D eigenvalue weighted by molar-refractivity contribution is 5.92. The molecule has 0 saturated carbocycles. The van der Waals surface area contributed by atoms with Gasteiger partial charge < -0.3 is 11.1 Å². The fourth-order valence-electron chi connectivity index (χ4n) is 3.16. The van der Waals surface area contributed by atoms with Gasteiger partial charge in [0.25, 0.3) is 0 Å². The zero-order valence-corrected chi connectivity index (χ0v) is 13.5. The minimum absolute atomic E-state index is 0.404. The van der Waals surface area contributed by atoms with E-state index in [1.54, 1.807) is 4.90 Å². The molecule has 23 heavy (non-hydrogen) atoms. The van der Waals surface area contributed by atoms with Crippen LogP contribution in [0.1, 0.15) is 24.5 Å². The van der Waals surface area contributed by atoms with Gasteiger partial charge in [0.05, 0.1) is 0 Å². The van der Waals surface area contributed by atoms with E-state index in [1.807, 2.05) is 6.07 Å². The van der Waals surface area contributed by atoms with Gasteiger partial charge in [0, 0.05) is 18.8 Å². The molecule has 0 aromatic heterocycles. The highest BCUT2D eigenvalue weighted by atomic mass is 16.2. The molecule has 3 N–H and O–H groups in total. The van der Waals surface area contributed by atoms with Crippen molar-refractivity contribution in [2.24, 2.45) is 5.73 Å². The molecule has 0 saturated heterocycles.